The summed E-state index contributed by atoms with van der Waals surface area (Å²) in [5.41, 5.74) is 2.40. The number of hydrogen-bond donors (Lipinski definition) is 4. The van der Waals surface area contributed by atoms with Crippen LogP contribution >= 0.6 is 0 Å². The van der Waals surface area contributed by atoms with Gasteiger partial charge in [0.15, 0.2) is 12.1 Å². The van der Waals surface area contributed by atoms with E-state index in [4.69, 9.17) is 23.7 Å². The van der Waals surface area contributed by atoms with E-state index in [9.17, 15) is 25.2 Å². The van der Waals surface area contributed by atoms with Crippen molar-refractivity contribution in [3.8, 4) is 5.75 Å². The van der Waals surface area contributed by atoms with Crippen LogP contribution < -0.4 is 9.75 Å². The zero-order valence-corrected chi connectivity index (χ0v) is 23.0. The van der Waals surface area contributed by atoms with Crippen LogP contribution in [0, 0.1) is 0 Å². The maximum absolute atomic E-state index is 13.0. The van der Waals surface area contributed by atoms with Crippen LogP contribution in [0.4, 0.5) is 5.69 Å². The maximum atomic E-state index is 13.0. The molecule has 2 aliphatic heterocycles. The van der Waals surface area contributed by atoms with E-state index in [0.717, 1.165) is 0 Å². The Kier molecular flexibility index (Phi) is 11.1. The van der Waals surface area contributed by atoms with Crippen molar-refractivity contribution in [1.82, 2.24) is 0 Å². The molecule has 13 nitrogen and oxygen atoms in total. The highest BCUT2D eigenvalue weighted by atomic mass is 16.7. The van der Waals surface area contributed by atoms with E-state index in [1.54, 1.807) is 41.4 Å². The molecule has 2 aromatic rings. The summed E-state index contributed by atoms with van der Waals surface area (Å²) in [6, 6.07) is 12.0. The topological polar surface area (TPSA) is 172 Å². The average molecular weight is 576 g/mol. The Morgan fingerprint density at radius 2 is 1.80 bits per heavy atom. The van der Waals surface area contributed by atoms with E-state index in [-0.39, 0.29) is 38.3 Å². The average Bonchev–Trinajstić information content (AvgIpc) is 3.48. The summed E-state index contributed by atoms with van der Waals surface area (Å²) in [7, 11) is 2.77. The molecular formula is C28H37N3O10. The minimum atomic E-state index is -1.18. The summed E-state index contributed by atoms with van der Waals surface area (Å²) < 4.78 is 27.7. The minimum absolute atomic E-state index is 0.119. The van der Waals surface area contributed by atoms with Crippen molar-refractivity contribution in [3.05, 3.63) is 59.2 Å². The van der Waals surface area contributed by atoms with E-state index in [0.29, 0.717) is 47.7 Å². The summed E-state index contributed by atoms with van der Waals surface area (Å²) in [6.07, 6.45) is -4.23. The van der Waals surface area contributed by atoms with Gasteiger partial charge in [-0.05, 0) is 35.4 Å². The Balaban J connectivity index is 1.29. The number of benzene rings is 2. The van der Waals surface area contributed by atoms with Crippen LogP contribution in [0.15, 0.2) is 52.8 Å². The third-order valence-electron chi connectivity index (χ3n) is 6.99. The fourth-order valence-electron chi connectivity index (χ4n) is 4.82. The summed E-state index contributed by atoms with van der Waals surface area (Å²) in [4.78, 5) is 13.0. The molecule has 0 amide bonds. The first-order chi connectivity index (χ1) is 19.9. The van der Waals surface area contributed by atoms with Gasteiger partial charge < -0.3 is 44.1 Å². The van der Waals surface area contributed by atoms with E-state index < -0.39 is 30.7 Å². The van der Waals surface area contributed by atoms with Crippen LogP contribution in [0.1, 0.15) is 27.9 Å². The molecule has 6 atom stereocenters. The third-order valence-corrected chi connectivity index (χ3v) is 6.99. The number of aliphatic hydroxyl groups is 4. The predicted molar refractivity (Wildman–Crippen MR) is 144 cm³/mol. The van der Waals surface area contributed by atoms with Crippen LogP contribution in [0.2, 0.25) is 0 Å². The fraction of sp³-hybridized carbons (Fsp3) is 0.536. The molecule has 41 heavy (non-hydrogen) atoms. The van der Waals surface area contributed by atoms with Crippen molar-refractivity contribution in [3.63, 3.8) is 0 Å². The van der Waals surface area contributed by atoms with Crippen molar-refractivity contribution < 1.29 is 48.9 Å². The SMILES string of the molecule is COC1OC(CO)C(OC)C(O)C1OCC(=O)c1cccc(N2CC(CCOc3cc(CO)cc(CO)c3)N=N2)c1. The molecule has 2 aromatic carbocycles. The molecule has 0 aliphatic carbocycles. The Morgan fingerprint density at radius 3 is 2.46 bits per heavy atom. The van der Waals surface area contributed by atoms with Crippen molar-refractivity contribution >= 4 is 11.5 Å². The largest absolute Gasteiger partial charge is 0.493 e. The highest BCUT2D eigenvalue weighted by Crippen LogP contribution is 2.27. The number of anilines is 1. The predicted octanol–water partition coefficient (Wildman–Crippen LogP) is 1.00. The number of hydrogen-bond acceptors (Lipinski definition) is 13. The van der Waals surface area contributed by atoms with Gasteiger partial charge in [0.1, 0.15) is 36.8 Å². The van der Waals surface area contributed by atoms with Gasteiger partial charge in [0.25, 0.3) is 0 Å². The van der Waals surface area contributed by atoms with E-state index >= 15 is 0 Å². The first-order valence-corrected chi connectivity index (χ1v) is 13.3. The molecule has 4 rings (SSSR count). The lowest BCUT2D eigenvalue weighted by atomic mass is 9.98. The van der Waals surface area contributed by atoms with Gasteiger partial charge in [0.2, 0.25) is 0 Å². The number of methoxy groups -OCH3 is 2. The monoisotopic (exact) mass is 575 g/mol. The van der Waals surface area contributed by atoms with Crippen LogP contribution in [-0.2, 0) is 32.2 Å². The molecule has 0 bridgehead atoms. The molecule has 6 unspecified atom stereocenters. The van der Waals surface area contributed by atoms with Gasteiger partial charge in [0.05, 0.1) is 44.7 Å². The standard InChI is InChI=1S/C28H37N3O10/c1-37-26-24(15-34)41-28(38-2)27(25(26)36)40-16-23(35)19-4-3-5-21(11-19)31-12-20(29-30-31)6-7-39-22-9-17(13-32)8-18(10-22)14-33/h3-5,8-11,20,24-28,32-34,36H,6-7,12-16H2,1-2H3. The number of carbonyl (C=O) groups excluding carboxylic acids is 1. The van der Waals surface area contributed by atoms with Crippen LogP contribution in [0.5, 0.6) is 5.75 Å². The molecular weight excluding hydrogens is 538 g/mol. The number of nitrogens with zero attached hydrogens (tertiary/aromatic N) is 3. The van der Waals surface area contributed by atoms with Crippen LogP contribution in [0.3, 0.4) is 0 Å². The highest BCUT2D eigenvalue weighted by molar-refractivity contribution is 5.97. The molecule has 2 aliphatic rings. The summed E-state index contributed by atoms with van der Waals surface area (Å²) in [5, 5.41) is 49.3. The first kappa shape index (κ1) is 30.9. The van der Waals surface area contributed by atoms with Crippen LogP contribution in [0.25, 0.3) is 0 Å². The third kappa shape index (κ3) is 7.64. The van der Waals surface area contributed by atoms with Crippen LogP contribution in [-0.4, -0.2) is 104 Å². The molecule has 4 N–H and O–H groups in total. The van der Waals surface area contributed by atoms with Crippen molar-refractivity contribution in [1.29, 1.82) is 0 Å². The van der Waals surface area contributed by atoms with E-state index in [1.807, 2.05) is 6.07 Å². The highest BCUT2D eigenvalue weighted by Gasteiger charge is 2.46. The number of ketones is 1. The molecule has 2 heterocycles. The lowest BCUT2D eigenvalue weighted by molar-refractivity contribution is -0.305. The fourth-order valence-corrected chi connectivity index (χ4v) is 4.82. The van der Waals surface area contributed by atoms with E-state index in [1.165, 1.54) is 14.2 Å². The summed E-state index contributed by atoms with van der Waals surface area (Å²) in [6.45, 7) is -0.136. The van der Waals surface area contributed by atoms with Gasteiger partial charge in [0, 0.05) is 26.2 Å². The number of rotatable bonds is 14. The lowest BCUT2D eigenvalue weighted by Gasteiger charge is -2.42. The smallest absolute Gasteiger partial charge is 0.188 e. The molecule has 224 valence electrons. The molecule has 0 radical (unpaired) electrons. The number of ether oxygens (including phenoxy) is 5. The van der Waals surface area contributed by atoms with Gasteiger partial charge in [-0.25, -0.2) is 5.01 Å². The van der Waals surface area contributed by atoms with Crippen molar-refractivity contribution in [2.24, 2.45) is 10.3 Å². The zero-order valence-electron chi connectivity index (χ0n) is 23.0. The van der Waals surface area contributed by atoms with Gasteiger partial charge in [-0.3, -0.25) is 4.79 Å². The Labute approximate surface area is 237 Å². The second-order valence-corrected chi connectivity index (χ2v) is 9.78. The van der Waals surface area contributed by atoms with Gasteiger partial charge >= 0.3 is 0 Å². The molecule has 13 heteroatoms. The quantitative estimate of drug-likeness (QED) is 0.237. The maximum Gasteiger partial charge on any atom is 0.188 e. The van der Waals surface area contributed by atoms with Gasteiger partial charge in [-0.1, -0.05) is 23.4 Å². The second-order valence-electron chi connectivity index (χ2n) is 9.78. The second kappa shape index (κ2) is 14.8. The molecule has 0 spiro atoms. The van der Waals surface area contributed by atoms with E-state index in [2.05, 4.69) is 10.3 Å². The lowest BCUT2D eigenvalue weighted by Crippen LogP contribution is -2.60. The van der Waals surface area contributed by atoms with Gasteiger partial charge in [-0.15, -0.1) is 0 Å². The molecule has 0 aromatic heterocycles. The Morgan fingerprint density at radius 1 is 1.05 bits per heavy atom. The Bertz CT molecular complexity index is 1160. The Hall–Kier alpha value is -3.01. The minimum Gasteiger partial charge on any atom is -0.493 e. The number of Topliss-reactive ketones (excluding diaryl/α,β-unsaturated/α-hetero) is 1. The summed E-state index contributed by atoms with van der Waals surface area (Å²) in [5.74, 6) is 0.247. The zero-order chi connectivity index (χ0) is 29.4. The van der Waals surface area contributed by atoms with Gasteiger partial charge in [-0.2, -0.15) is 5.11 Å². The molecule has 0 saturated carbocycles. The molecule has 1 fully saturated rings. The first-order valence-electron chi connectivity index (χ1n) is 13.3. The van der Waals surface area contributed by atoms with Crippen molar-refractivity contribution in [2.45, 2.75) is 56.4 Å². The van der Waals surface area contributed by atoms with Crippen molar-refractivity contribution in [2.75, 3.05) is 45.6 Å². The molecule has 1 saturated heterocycles. The normalized spacial score (nSPS) is 26.0. The number of carbonyl (C=O) groups is 1. The number of aliphatic hydroxyl groups excluding tert-OH is 4. The summed E-state index contributed by atoms with van der Waals surface area (Å²) >= 11 is 0.